The summed E-state index contributed by atoms with van der Waals surface area (Å²) >= 11 is 6.59. The quantitative estimate of drug-likeness (QED) is 0.212. The van der Waals surface area contributed by atoms with E-state index in [0.29, 0.717) is 33.5 Å². The number of hydrogen-bond acceptors (Lipinski definition) is 5. The van der Waals surface area contributed by atoms with E-state index in [0.717, 1.165) is 49.5 Å². The Hall–Kier alpha value is -4.23. The van der Waals surface area contributed by atoms with Gasteiger partial charge in [0.15, 0.2) is 0 Å². The van der Waals surface area contributed by atoms with Gasteiger partial charge >= 0.3 is 0 Å². The third-order valence-electron chi connectivity index (χ3n) is 7.77. The lowest BCUT2D eigenvalue weighted by molar-refractivity contribution is 0.0342. The molecule has 1 amide bonds. The van der Waals surface area contributed by atoms with Gasteiger partial charge in [-0.05, 0) is 52.6 Å². The topological polar surface area (TPSA) is 74.7 Å². The first-order valence-corrected chi connectivity index (χ1v) is 14.5. The van der Waals surface area contributed by atoms with Crippen LogP contribution in [0.25, 0.3) is 22.0 Å². The molecule has 1 aliphatic heterocycles. The van der Waals surface area contributed by atoms with Crippen molar-refractivity contribution in [1.82, 2.24) is 15.2 Å². The van der Waals surface area contributed by atoms with Crippen LogP contribution in [0.5, 0.6) is 5.75 Å². The molecule has 2 heterocycles. The summed E-state index contributed by atoms with van der Waals surface area (Å²) in [6.07, 6.45) is 1.97. The molecule has 1 unspecified atom stereocenters. The summed E-state index contributed by atoms with van der Waals surface area (Å²) in [6, 6.07) is 31.0. The molecule has 4 aromatic carbocycles. The van der Waals surface area contributed by atoms with Crippen LogP contribution in [0.4, 0.5) is 0 Å². The summed E-state index contributed by atoms with van der Waals surface area (Å²) < 4.78 is 5.48. The van der Waals surface area contributed by atoms with Crippen LogP contribution < -0.4 is 5.32 Å². The molecule has 1 fully saturated rings. The van der Waals surface area contributed by atoms with Gasteiger partial charge < -0.3 is 15.2 Å². The maximum atomic E-state index is 13.5. The number of pyridine rings is 1. The van der Waals surface area contributed by atoms with Crippen LogP contribution in [0.2, 0.25) is 5.02 Å². The first-order chi connectivity index (χ1) is 20.5. The molecule has 7 heteroatoms. The highest BCUT2D eigenvalue weighted by molar-refractivity contribution is 6.35. The van der Waals surface area contributed by atoms with Crippen molar-refractivity contribution in [1.29, 1.82) is 0 Å². The number of aromatic hydroxyl groups is 1. The Bertz CT molecular complexity index is 1670. The molecule has 0 aliphatic carbocycles. The number of amides is 1. The fraction of sp³-hybridized carbons (Fsp3) is 0.200. The summed E-state index contributed by atoms with van der Waals surface area (Å²) in [5, 5.41) is 15.5. The van der Waals surface area contributed by atoms with Crippen LogP contribution in [0.1, 0.15) is 33.1 Å². The van der Waals surface area contributed by atoms with Gasteiger partial charge in [0.05, 0.1) is 24.3 Å². The Morgan fingerprint density at radius 1 is 0.929 bits per heavy atom. The third-order valence-corrected chi connectivity index (χ3v) is 8.08. The Kier molecular flexibility index (Phi) is 8.47. The van der Waals surface area contributed by atoms with Crippen LogP contribution in [0.15, 0.2) is 103 Å². The largest absolute Gasteiger partial charge is 0.505 e. The second-order valence-electron chi connectivity index (χ2n) is 10.6. The van der Waals surface area contributed by atoms with Crippen molar-refractivity contribution in [3.8, 4) is 16.9 Å². The number of carbonyl (C=O) groups is 1. The van der Waals surface area contributed by atoms with E-state index < -0.39 is 6.04 Å². The standard InChI is InChI=1S/C35H32ClN3O3/c36-31-21-29(34(40)33-30(31)7-4-16-37-33)22-32(27-10-8-24(9-11-27)23-39-17-19-42-20-18-39)38-35(41)28-14-12-26(13-15-28)25-5-2-1-3-6-25/h1-16,21,32,40H,17-20,22-23H2,(H,38,41). The average Bonchev–Trinajstić information content (AvgIpc) is 3.04. The molecule has 6 rings (SSSR count). The van der Waals surface area contributed by atoms with Gasteiger partial charge in [0.2, 0.25) is 0 Å². The number of halogens is 1. The molecule has 2 N–H and O–H groups in total. The minimum Gasteiger partial charge on any atom is -0.505 e. The number of phenols is 1. The van der Waals surface area contributed by atoms with E-state index in [4.69, 9.17) is 16.3 Å². The van der Waals surface area contributed by atoms with Crippen molar-refractivity contribution in [2.24, 2.45) is 0 Å². The molecule has 212 valence electrons. The van der Waals surface area contributed by atoms with E-state index in [1.165, 1.54) is 5.56 Å². The van der Waals surface area contributed by atoms with Crippen LogP contribution in [-0.4, -0.2) is 47.2 Å². The molecule has 0 saturated carbocycles. The zero-order valence-corrected chi connectivity index (χ0v) is 23.9. The summed E-state index contributed by atoms with van der Waals surface area (Å²) in [5.74, 6) is -0.119. The van der Waals surface area contributed by atoms with E-state index in [-0.39, 0.29) is 11.7 Å². The van der Waals surface area contributed by atoms with E-state index in [1.807, 2.05) is 60.7 Å². The van der Waals surface area contributed by atoms with Crippen LogP contribution in [0.3, 0.4) is 0 Å². The smallest absolute Gasteiger partial charge is 0.251 e. The Morgan fingerprint density at radius 3 is 2.38 bits per heavy atom. The predicted molar refractivity (Wildman–Crippen MR) is 167 cm³/mol. The highest BCUT2D eigenvalue weighted by Gasteiger charge is 2.21. The number of rotatable bonds is 8. The first-order valence-electron chi connectivity index (χ1n) is 14.2. The van der Waals surface area contributed by atoms with E-state index in [1.54, 1.807) is 18.3 Å². The van der Waals surface area contributed by atoms with Crippen molar-refractivity contribution in [2.75, 3.05) is 26.3 Å². The van der Waals surface area contributed by atoms with Crippen molar-refractivity contribution in [3.63, 3.8) is 0 Å². The van der Waals surface area contributed by atoms with Gasteiger partial charge in [-0.3, -0.25) is 14.7 Å². The number of benzene rings is 4. The number of carbonyl (C=O) groups excluding carboxylic acids is 1. The fourth-order valence-corrected chi connectivity index (χ4v) is 5.71. The highest BCUT2D eigenvalue weighted by atomic mass is 35.5. The molecule has 1 saturated heterocycles. The number of fused-ring (bicyclic) bond motifs is 1. The average molecular weight is 578 g/mol. The molecule has 5 aromatic rings. The molecule has 42 heavy (non-hydrogen) atoms. The minimum absolute atomic E-state index is 0.0744. The van der Waals surface area contributed by atoms with E-state index in [2.05, 4.69) is 39.5 Å². The van der Waals surface area contributed by atoms with Crippen LogP contribution in [0, 0.1) is 0 Å². The second-order valence-corrected chi connectivity index (χ2v) is 11.0. The minimum atomic E-state index is -0.410. The van der Waals surface area contributed by atoms with Crippen LogP contribution >= 0.6 is 11.6 Å². The summed E-state index contributed by atoms with van der Waals surface area (Å²) in [6.45, 7) is 4.19. The van der Waals surface area contributed by atoms with Crippen molar-refractivity contribution in [3.05, 3.63) is 131 Å². The van der Waals surface area contributed by atoms with Crippen molar-refractivity contribution >= 4 is 28.4 Å². The number of morpholine rings is 1. The normalized spacial score (nSPS) is 14.5. The number of hydrogen-bond donors (Lipinski definition) is 2. The Labute approximate surface area is 250 Å². The third kappa shape index (κ3) is 6.31. The second kappa shape index (κ2) is 12.7. The van der Waals surface area contributed by atoms with Gasteiger partial charge in [0, 0.05) is 48.8 Å². The lowest BCUT2D eigenvalue weighted by atomic mass is 9.95. The number of phenolic OH excluding ortho intramolecular Hbond substituents is 1. The van der Waals surface area contributed by atoms with Gasteiger partial charge in [-0.15, -0.1) is 0 Å². The molecule has 6 nitrogen and oxygen atoms in total. The van der Waals surface area contributed by atoms with Gasteiger partial charge in [-0.25, -0.2) is 0 Å². The van der Waals surface area contributed by atoms with Gasteiger partial charge in [-0.1, -0.05) is 78.3 Å². The monoisotopic (exact) mass is 577 g/mol. The zero-order valence-electron chi connectivity index (χ0n) is 23.2. The molecular weight excluding hydrogens is 546 g/mol. The van der Waals surface area contributed by atoms with Crippen molar-refractivity contribution in [2.45, 2.75) is 19.0 Å². The van der Waals surface area contributed by atoms with Gasteiger partial charge in [0.1, 0.15) is 11.3 Å². The summed E-state index contributed by atoms with van der Waals surface area (Å²) in [5.41, 5.74) is 5.90. The molecule has 1 aromatic heterocycles. The zero-order chi connectivity index (χ0) is 28.9. The summed E-state index contributed by atoms with van der Waals surface area (Å²) in [7, 11) is 0. The molecule has 0 radical (unpaired) electrons. The van der Waals surface area contributed by atoms with Crippen LogP contribution in [-0.2, 0) is 17.7 Å². The highest BCUT2D eigenvalue weighted by Crippen LogP contribution is 2.35. The maximum Gasteiger partial charge on any atom is 0.251 e. The van der Waals surface area contributed by atoms with Gasteiger partial charge in [-0.2, -0.15) is 0 Å². The molecule has 1 aliphatic rings. The fourth-order valence-electron chi connectivity index (χ4n) is 5.42. The predicted octanol–water partition coefficient (Wildman–Crippen LogP) is 6.81. The van der Waals surface area contributed by atoms with E-state index >= 15 is 0 Å². The number of nitrogens with zero attached hydrogens (tertiary/aromatic N) is 2. The molecule has 0 bridgehead atoms. The summed E-state index contributed by atoms with van der Waals surface area (Å²) in [4.78, 5) is 20.3. The van der Waals surface area contributed by atoms with Crippen molar-refractivity contribution < 1.29 is 14.6 Å². The molecule has 0 spiro atoms. The number of nitrogens with one attached hydrogen (secondary N) is 1. The maximum absolute atomic E-state index is 13.5. The Balaban J connectivity index is 1.27. The van der Waals surface area contributed by atoms with E-state index in [9.17, 15) is 9.90 Å². The SMILES string of the molecule is O=C(NC(Cc1cc(Cl)c2cccnc2c1O)c1ccc(CN2CCOCC2)cc1)c1ccc(-c2ccccc2)cc1. The number of ether oxygens (including phenoxy) is 1. The first kappa shape index (κ1) is 27.9. The molecule has 1 atom stereocenters. The Morgan fingerprint density at radius 2 is 1.64 bits per heavy atom. The number of aromatic nitrogens is 1. The van der Waals surface area contributed by atoms with Gasteiger partial charge in [0.25, 0.3) is 5.91 Å². The lowest BCUT2D eigenvalue weighted by Crippen LogP contribution is -2.35. The molecular formula is C35H32ClN3O3. The lowest BCUT2D eigenvalue weighted by Gasteiger charge is -2.27.